The highest BCUT2D eigenvalue weighted by molar-refractivity contribution is 9.10. The van der Waals surface area contributed by atoms with Crippen LogP contribution in [0.1, 0.15) is 11.1 Å². The summed E-state index contributed by atoms with van der Waals surface area (Å²) in [5.74, 6) is 0.245. The van der Waals surface area contributed by atoms with Crippen molar-refractivity contribution in [3.05, 3.63) is 69.9 Å². The molecule has 0 spiro atoms. The van der Waals surface area contributed by atoms with Crippen LogP contribution in [0.4, 0.5) is 4.39 Å². The molecule has 2 N–H and O–H groups in total. The van der Waals surface area contributed by atoms with Gasteiger partial charge in [-0.15, -0.1) is 0 Å². The number of likely N-dealkylation sites (N-methyl/N-ethyl adjacent to an activating group) is 1. The highest BCUT2D eigenvalue weighted by atomic mass is 79.9. The van der Waals surface area contributed by atoms with Crippen molar-refractivity contribution < 1.29 is 9.18 Å². The number of rotatable bonds is 7. The number of guanidine groups is 1. The van der Waals surface area contributed by atoms with Gasteiger partial charge in [-0.1, -0.05) is 46.3 Å². The number of nitrogens with zero attached hydrogens (tertiary/aromatic N) is 2. The van der Waals surface area contributed by atoms with Crippen LogP contribution in [0.3, 0.4) is 0 Å². The third-order valence-corrected chi connectivity index (χ3v) is 4.41. The quantitative estimate of drug-likeness (QED) is 0.520. The van der Waals surface area contributed by atoms with E-state index in [4.69, 9.17) is 0 Å². The fourth-order valence-electron chi connectivity index (χ4n) is 2.27. The van der Waals surface area contributed by atoms with E-state index in [1.165, 1.54) is 11.0 Å². The average Bonchev–Trinajstić information content (AvgIpc) is 2.65. The predicted molar refractivity (Wildman–Crippen MR) is 110 cm³/mol. The molecule has 144 valence electrons. The van der Waals surface area contributed by atoms with Gasteiger partial charge in [-0.3, -0.25) is 4.79 Å². The second kappa shape index (κ2) is 10.7. The number of nitrogens with one attached hydrogen (secondary N) is 2. The first-order chi connectivity index (χ1) is 13.0. The molecule has 0 heterocycles. The molecule has 0 radical (unpaired) electrons. The first-order valence-electron chi connectivity index (χ1n) is 8.66. The summed E-state index contributed by atoms with van der Waals surface area (Å²) in [6.45, 7) is 1.11. The van der Waals surface area contributed by atoms with Gasteiger partial charge >= 0.3 is 0 Å². The van der Waals surface area contributed by atoms with Crippen LogP contribution in [0.2, 0.25) is 0 Å². The van der Waals surface area contributed by atoms with Crippen molar-refractivity contribution in [2.75, 3.05) is 27.2 Å². The molecule has 0 aromatic heterocycles. The van der Waals surface area contributed by atoms with Gasteiger partial charge in [0.05, 0.1) is 13.1 Å². The number of carbonyl (C=O) groups is 1. The lowest BCUT2D eigenvalue weighted by atomic mass is 10.1. The average molecular weight is 435 g/mol. The number of amides is 1. The molecule has 0 aliphatic rings. The van der Waals surface area contributed by atoms with Crippen molar-refractivity contribution >= 4 is 27.8 Å². The lowest BCUT2D eigenvalue weighted by molar-refractivity contribution is -0.127. The maximum atomic E-state index is 13.7. The first-order valence-corrected chi connectivity index (χ1v) is 9.45. The fraction of sp³-hybridized carbons (Fsp3) is 0.300. The molecule has 5 nitrogen and oxygen atoms in total. The molecule has 1 amide bonds. The Hall–Kier alpha value is -2.41. The molecule has 27 heavy (non-hydrogen) atoms. The molecule has 0 aliphatic heterocycles. The normalized spacial score (nSPS) is 11.2. The monoisotopic (exact) mass is 434 g/mol. The second-order valence-electron chi connectivity index (χ2n) is 6.20. The zero-order valence-electron chi connectivity index (χ0n) is 15.5. The van der Waals surface area contributed by atoms with Crippen LogP contribution < -0.4 is 10.6 Å². The van der Waals surface area contributed by atoms with E-state index in [1.807, 2.05) is 30.3 Å². The van der Waals surface area contributed by atoms with Crippen LogP contribution in [-0.4, -0.2) is 44.0 Å². The van der Waals surface area contributed by atoms with Crippen molar-refractivity contribution in [3.8, 4) is 0 Å². The minimum atomic E-state index is -0.219. The second-order valence-corrected chi connectivity index (χ2v) is 7.12. The van der Waals surface area contributed by atoms with Gasteiger partial charge in [0, 0.05) is 25.1 Å². The Labute approximate surface area is 167 Å². The van der Waals surface area contributed by atoms with Gasteiger partial charge in [-0.25, -0.2) is 9.38 Å². The highest BCUT2D eigenvalue weighted by Gasteiger charge is 2.07. The molecule has 2 aromatic rings. The van der Waals surface area contributed by atoms with Crippen LogP contribution >= 0.6 is 15.9 Å². The molecule has 0 atom stereocenters. The Bertz CT molecular complexity index is 778. The maximum Gasteiger partial charge on any atom is 0.241 e. The van der Waals surface area contributed by atoms with Crippen LogP contribution in [-0.2, 0) is 17.8 Å². The summed E-state index contributed by atoms with van der Waals surface area (Å²) in [5.41, 5.74) is 1.69. The van der Waals surface area contributed by atoms with Gasteiger partial charge in [0.1, 0.15) is 5.82 Å². The minimum absolute atomic E-state index is 0.0535. The van der Waals surface area contributed by atoms with Crippen molar-refractivity contribution in [1.29, 1.82) is 0 Å². The third-order valence-electron chi connectivity index (χ3n) is 3.88. The Morgan fingerprint density at radius 2 is 1.81 bits per heavy atom. The van der Waals surface area contributed by atoms with Crippen molar-refractivity contribution in [1.82, 2.24) is 15.5 Å². The van der Waals surface area contributed by atoms with Gasteiger partial charge in [-0.05, 0) is 35.7 Å². The lowest BCUT2D eigenvalue weighted by Gasteiger charge is -2.15. The molecule has 0 fully saturated rings. The molecular weight excluding hydrogens is 411 g/mol. The minimum Gasteiger partial charge on any atom is -0.356 e. The van der Waals surface area contributed by atoms with Crippen LogP contribution in [0.5, 0.6) is 0 Å². The summed E-state index contributed by atoms with van der Waals surface area (Å²) in [5, 5.41) is 6.19. The van der Waals surface area contributed by atoms with E-state index in [0.717, 1.165) is 10.0 Å². The summed E-state index contributed by atoms with van der Waals surface area (Å²) >= 11 is 3.41. The Kier molecular flexibility index (Phi) is 8.26. The van der Waals surface area contributed by atoms with Gasteiger partial charge in [0.15, 0.2) is 5.96 Å². The van der Waals surface area contributed by atoms with E-state index >= 15 is 0 Å². The first kappa shape index (κ1) is 20.9. The standard InChI is InChI=1S/C20H24BrFN4O/c1-26(2)19(27)14-25-20(24-13-15-7-9-17(21)10-8-15)23-12-11-16-5-3-4-6-18(16)22/h3-10H,11-14H2,1-2H3,(H2,23,24,25). The molecule has 2 rings (SSSR count). The number of hydrogen-bond acceptors (Lipinski definition) is 2. The number of halogens is 2. The van der Waals surface area contributed by atoms with Gasteiger partial charge in [0.25, 0.3) is 0 Å². The van der Waals surface area contributed by atoms with Crippen LogP contribution in [0, 0.1) is 5.82 Å². The lowest BCUT2D eigenvalue weighted by Crippen LogP contribution is -2.43. The van der Waals surface area contributed by atoms with E-state index in [-0.39, 0.29) is 18.3 Å². The van der Waals surface area contributed by atoms with Crippen molar-refractivity contribution in [3.63, 3.8) is 0 Å². The van der Waals surface area contributed by atoms with E-state index in [9.17, 15) is 9.18 Å². The zero-order valence-corrected chi connectivity index (χ0v) is 17.1. The summed E-state index contributed by atoms with van der Waals surface area (Å²) in [4.78, 5) is 17.9. The number of carbonyl (C=O) groups excluding carboxylic acids is 1. The maximum absolute atomic E-state index is 13.7. The topological polar surface area (TPSA) is 56.7 Å². The van der Waals surface area contributed by atoms with Gasteiger partial charge in [-0.2, -0.15) is 0 Å². The zero-order chi connectivity index (χ0) is 19.6. The Morgan fingerprint density at radius 1 is 1.11 bits per heavy atom. The Morgan fingerprint density at radius 3 is 2.48 bits per heavy atom. The van der Waals surface area contributed by atoms with E-state index in [1.54, 1.807) is 26.2 Å². The van der Waals surface area contributed by atoms with Crippen molar-refractivity contribution in [2.24, 2.45) is 4.99 Å². The molecule has 0 unspecified atom stereocenters. The Balaban J connectivity index is 1.97. The summed E-state index contributed by atoms with van der Waals surface area (Å²) in [6, 6.07) is 14.6. The number of benzene rings is 2. The summed E-state index contributed by atoms with van der Waals surface area (Å²) in [7, 11) is 3.41. The predicted octanol–water partition coefficient (Wildman–Crippen LogP) is 2.95. The summed E-state index contributed by atoms with van der Waals surface area (Å²) in [6.07, 6.45) is 0.521. The van der Waals surface area contributed by atoms with Gasteiger partial charge in [0.2, 0.25) is 5.91 Å². The third kappa shape index (κ3) is 7.38. The van der Waals surface area contributed by atoms with Crippen LogP contribution in [0.15, 0.2) is 58.0 Å². The van der Waals surface area contributed by atoms with E-state index in [0.29, 0.717) is 31.0 Å². The highest BCUT2D eigenvalue weighted by Crippen LogP contribution is 2.11. The molecule has 0 bridgehead atoms. The fourth-order valence-corrected chi connectivity index (χ4v) is 2.53. The number of hydrogen-bond donors (Lipinski definition) is 2. The molecule has 7 heteroatoms. The molecular formula is C20H24BrFN4O. The molecule has 0 aliphatic carbocycles. The van der Waals surface area contributed by atoms with E-state index < -0.39 is 0 Å². The smallest absolute Gasteiger partial charge is 0.241 e. The van der Waals surface area contributed by atoms with E-state index in [2.05, 4.69) is 31.6 Å². The number of aliphatic imine (C=N–C) groups is 1. The SMILES string of the molecule is CN(C)C(=O)CNC(=NCc1ccc(Br)cc1)NCCc1ccccc1F. The molecule has 0 saturated heterocycles. The molecule has 0 saturated carbocycles. The van der Waals surface area contributed by atoms with Crippen LogP contribution in [0.25, 0.3) is 0 Å². The summed E-state index contributed by atoms with van der Waals surface area (Å²) < 4.78 is 14.7. The largest absolute Gasteiger partial charge is 0.356 e. The van der Waals surface area contributed by atoms with Crippen molar-refractivity contribution in [2.45, 2.75) is 13.0 Å². The van der Waals surface area contributed by atoms with Gasteiger partial charge < -0.3 is 15.5 Å². The molecule has 2 aromatic carbocycles.